The minimum atomic E-state index is -0.182. The van der Waals surface area contributed by atoms with Crippen LogP contribution in [0.1, 0.15) is 55.4 Å². The average molecular weight is 336 g/mol. The van der Waals surface area contributed by atoms with E-state index >= 15 is 0 Å². The molecule has 1 atom stereocenters. The maximum atomic E-state index is 12.7. The van der Waals surface area contributed by atoms with Gasteiger partial charge in [0.15, 0.2) is 5.82 Å². The van der Waals surface area contributed by atoms with Crippen LogP contribution < -0.4 is 5.32 Å². The van der Waals surface area contributed by atoms with Gasteiger partial charge < -0.3 is 9.42 Å². The molecule has 1 aliphatic rings. The van der Waals surface area contributed by atoms with Crippen LogP contribution in [0.2, 0.25) is 0 Å². The van der Waals surface area contributed by atoms with Gasteiger partial charge >= 0.3 is 6.03 Å². The molecule has 1 unspecified atom stereocenters. The van der Waals surface area contributed by atoms with E-state index in [0.717, 1.165) is 37.1 Å². The summed E-state index contributed by atoms with van der Waals surface area (Å²) in [4.78, 5) is 18.8. The topological polar surface area (TPSA) is 97.0 Å². The van der Waals surface area contributed by atoms with Crippen LogP contribution in [0, 0.1) is 6.92 Å². The molecule has 124 valence electrons. The van der Waals surface area contributed by atoms with Crippen molar-refractivity contribution in [1.29, 1.82) is 0 Å². The van der Waals surface area contributed by atoms with Crippen molar-refractivity contribution in [2.75, 3.05) is 11.9 Å². The number of nitrogens with one attached hydrogen (secondary N) is 1. The van der Waals surface area contributed by atoms with E-state index < -0.39 is 0 Å². The molecule has 0 aliphatic carbocycles. The Morgan fingerprint density at radius 3 is 2.96 bits per heavy atom. The van der Waals surface area contributed by atoms with E-state index in [-0.39, 0.29) is 12.1 Å². The van der Waals surface area contributed by atoms with Gasteiger partial charge in [0.2, 0.25) is 11.0 Å². The normalized spacial score (nSPS) is 18.7. The summed E-state index contributed by atoms with van der Waals surface area (Å²) in [6.45, 7) is 4.43. The zero-order valence-corrected chi connectivity index (χ0v) is 14.1. The van der Waals surface area contributed by atoms with E-state index in [1.807, 2.05) is 6.92 Å². The van der Waals surface area contributed by atoms with Crippen LogP contribution in [-0.2, 0) is 6.42 Å². The van der Waals surface area contributed by atoms with Gasteiger partial charge in [-0.1, -0.05) is 36.3 Å². The lowest BCUT2D eigenvalue weighted by molar-refractivity contribution is 0.184. The Bertz CT molecular complexity index is 670. The first-order valence-corrected chi connectivity index (χ1v) is 8.69. The quantitative estimate of drug-likeness (QED) is 0.925. The smallest absolute Gasteiger partial charge is 0.324 e. The van der Waals surface area contributed by atoms with Crippen LogP contribution in [0.5, 0.6) is 0 Å². The van der Waals surface area contributed by atoms with Crippen LogP contribution in [0.3, 0.4) is 0 Å². The minimum Gasteiger partial charge on any atom is -0.340 e. The van der Waals surface area contributed by atoms with Crippen LogP contribution >= 0.6 is 11.3 Å². The third-order valence-electron chi connectivity index (χ3n) is 3.84. The van der Waals surface area contributed by atoms with E-state index in [9.17, 15) is 4.79 Å². The number of urea groups is 1. The van der Waals surface area contributed by atoms with Gasteiger partial charge in [0.25, 0.3) is 0 Å². The number of amides is 2. The highest BCUT2D eigenvalue weighted by atomic mass is 32.1. The zero-order valence-electron chi connectivity index (χ0n) is 13.3. The second kappa shape index (κ2) is 7.03. The second-order valence-electron chi connectivity index (χ2n) is 5.51. The van der Waals surface area contributed by atoms with Crippen molar-refractivity contribution in [2.24, 2.45) is 0 Å². The Morgan fingerprint density at radius 2 is 2.26 bits per heavy atom. The predicted molar refractivity (Wildman–Crippen MR) is 85.3 cm³/mol. The third-order valence-corrected chi connectivity index (χ3v) is 4.82. The number of carbonyl (C=O) groups excluding carboxylic acids is 1. The number of aryl methyl sites for hydroxylation is 2. The molecule has 3 rings (SSSR count). The molecule has 1 aliphatic heterocycles. The van der Waals surface area contributed by atoms with Gasteiger partial charge in [-0.25, -0.2) is 4.79 Å². The fraction of sp³-hybridized carbons (Fsp3) is 0.643. The summed E-state index contributed by atoms with van der Waals surface area (Å²) in [5, 5.41) is 16.3. The molecule has 2 amide bonds. The number of hydrogen-bond donors (Lipinski definition) is 1. The van der Waals surface area contributed by atoms with Gasteiger partial charge in [0, 0.05) is 13.5 Å². The summed E-state index contributed by atoms with van der Waals surface area (Å²) >= 11 is 1.40. The highest BCUT2D eigenvalue weighted by molar-refractivity contribution is 7.15. The maximum absolute atomic E-state index is 12.7. The Labute approximate surface area is 138 Å². The number of nitrogens with zero attached hydrogens (tertiary/aromatic N) is 5. The molecule has 2 aromatic rings. The third kappa shape index (κ3) is 3.66. The molecule has 1 saturated heterocycles. The van der Waals surface area contributed by atoms with Gasteiger partial charge in [-0.05, 0) is 19.3 Å². The lowest BCUT2D eigenvalue weighted by Crippen LogP contribution is -2.38. The molecule has 2 aromatic heterocycles. The monoisotopic (exact) mass is 336 g/mol. The molecule has 3 heterocycles. The predicted octanol–water partition coefficient (Wildman–Crippen LogP) is 2.94. The highest BCUT2D eigenvalue weighted by Crippen LogP contribution is 2.29. The second-order valence-corrected chi connectivity index (χ2v) is 6.58. The van der Waals surface area contributed by atoms with E-state index in [4.69, 9.17) is 4.52 Å². The fourth-order valence-corrected chi connectivity index (χ4v) is 3.35. The summed E-state index contributed by atoms with van der Waals surface area (Å²) in [6, 6.07) is -0.341. The van der Waals surface area contributed by atoms with Gasteiger partial charge in [0.05, 0.1) is 6.04 Å². The summed E-state index contributed by atoms with van der Waals surface area (Å²) in [7, 11) is 0. The number of hydrogen-bond acceptors (Lipinski definition) is 7. The molecule has 0 aromatic carbocycles. The average Bonchev–Trinajstić information content (AvgIpc) is 3.09. The van der Waals surface area contributed by atoms with Gasteiger partial charge in [0.1, 0.15) is 5.01 Å². The van der Waals surface area contributed by atoms with Crippen molar-refractivity contribution in [3.63, 3.8) is 0 Å². The molecule has 23 heavy (non-hydrogen) atoms. The lowest BCUT2D eigenvalue weighted by atomic mass is 10.1. The molecule has 1 N–H and O–H groups in total. The standard InChI is InChI=1S/C14H20N6O2S/c1-3-11-17-18-13(23-11)16-14(21)20-8-6-4-5-7-10(20)12-15-9(2)22-19-12/h10H,3-8H2,1-2H3,(H,16,18,21). The number of carbonyl (C=O) groups is 1. The molecule has 8 nitrogen and oxygen atoms in total. The summed E-state index contributed by atoms with van der Waals surface area (Å²) in [5.41, 5.74) is 0. The van der Waals surface area contributed by atoms with Crippen molar-refractivity contribution in [3.05, 3.63) is 16.7 Å². The largest absolute Gasteiger partial charge is 0.340 e. The van der Waals surface area contributed by atoms with E-state index in [2.05, 4.69) is 25.7 Å². The Kier molecular flexibility index (Phi) is 4.85. The van der Waals surface area contributed by atoms with Gasteiger partial charge in [-0.15, -0.1) is 10.2 Å². The molecule has 0 radical (unpaired) electrons. The molecular weight excluding hydrogens is 316 g/mol. The van der Waals surface area contributed by atoms with E-state index in [1.165, 1.54) is 11.3 Å². The van der Waals surface area contributed by atoms with Crippen molar-refractivity contribution in [1.82, 2.24) is 25.2 Å². The Morgan fingerprint density at radius 1 is 1.39 bits per heavy atom. The summed E-state index contributed by atoms with van der Waals surface area (Å²) < 4.78 is 5.08. The van der Waals surface area contributed by atoms with E-state index in [1.54, 1.807) is 11.8 Å². The summed E-state index contributed by atoms with van der Waals surface area (Å²) in [5.74, 6) is 1.09. The highest BCUT2D eigenvalue weighted by Gasteiger charge is 2.30. The summed E-state index contributed by atoms with van der Waals surface area (Å²) in [6.07, 6.45) is 4.75. The van der Waals surface area contributed by atoms with Crippen LogP contribution in [-0.4, -0.2) is 37.8 Å². The molecule has 0 bridgehead atoms. The maximum Gasteiger partial charge on any atom is 0.324 e. The first-order valence-electron chi connectivity index (χ1n) is 7.87. The molecule has 9 heteroatoms. The van der Waals surface area contributed by atoms with Crippen LogP contribution in [0.25, 0.3) is 0 Å². The number of aromatic nitrogens is 4. The van der Waals surface area contributed by atoms with Crippen molar-refractivity contribution in [2.45, 2.75) is 52.0 Å². The van der Waals surface area contributed by atoms with Crippen molar-refractivity contribution in [3.8, 4) is 0 Å². The van der Waals surface area contributed by atoms with Crippen molar-refractivity contribution < 1.29 is 9.32 Å². The zero-order chi connectivity index (χ0) is 16.2. The van der Waals surface area contributed by atoms with Crippen LogP contribution in [0.4, 0.5) is 9.93 Å². The van der Waals surface area contributed by atoms with Gasteiger partial charge in [-0.2, -0.15) is 4.98 Å². The fourth-order valence-electron chi connectivity index (χ4n) is 2.68. The minimum absolute atomic E-state index is 0.159. The molecule has 0 spiro atoms. The lowest BCUT2D eigenvalue weighted by Gasteiger charge is -2.27. The van der Waals surface area contributed by atoms with Crippen molar-refractivity contribution >= 4 is 22.5 Å². The molecule has 1 fully saturated rings. The molecular formula is C14H20N6O2S. The first-order chi connectivity index (χ1) is 11.2. The van der Waals surface area contributed by atoms with Gasteiger partial charge in [-0.3, -0.25) is 5.32 Å². The number of likely N-dealkylation sites (tertiary alicyclic amines) is 1. The SMILES string of the molecule is CCc1nnc(NC(=O)N2CCCCCC2c2noc(C)n2)s1. The number of rotatable bonds is 3. The first kappa shape index (κ1) is 15.9. The Hall–Kier alpha value is -2.03. The molecule has 0 saturated carbocycles. The Balaban J connectivity index is 1.77. The van der Waals surface area contributed by atoms with Crippen LogP contribution in [0.15, 0.2) is 4.52 Å². The van der Waals surface area contributed by atoms with E-state index in [0.29, 0.717) is 23.4 Å². The number of anilines is 1.